The Morgan fingerprint density at radius 1 is 0.917 bits per heavy atom. The summed E-state index contributed by atoms with van der Waals surface area (Å²) in [7, 11) is 0. The largest absolute Gasteiger partial charge is 0.326 e. The van der Waals surface area contributed by atoms with E-state index in [-0.39, 0.29) is 17.4 Å². The second kappa shape index (κ2) is 10.4. The number of anilines is 2. The van der Waals surface area contributed by atoms with Crippen LogP contribution in [-0.2, 0) is 9.59 Å². The van der Waals surface area contributed by atoms with Gasteiger partial charge in [-0.05, 0) is 43.7 Å². The fraction of sp³-hybridized carbons (Fsp3) is 0.179. The summed E-state index contributed by atoms with van der Waals surface area (Å²) in [6.45, 7) is 4.67. The van der Waals surface area contributed by atoms with Crippen molar-refractivity contribution >= 4 is 40.0 Å². The van der Waals surface area contributed by atoms with Crippen molar-refractivity contribution in [3.63, 3.8) is 0 Å². The molecule has 0 aliphatic rings. The minimum Gasteiger partial charge on any atom is -0.326 e. The number of nitrogens with one attached hydrogen (secondary N) is 2. The topological polar surface area (TPSA) is 110 Å². The Kier molecular flexibility index (Phi) is 7.05. The summed E-state index contributed by atoms with van der Waals surface area (Å²) < 4.78 is 1.45. The van der Waals surface area contributed by atoms with Gasteiger partial charge < -0.3 is 10.6 Å². The van der Waals surface area contributed by atoms with Crippen LogP contribution in [-0.4, -0.2) is 27.1 Å². The van der Waals surface area contributed by atoms with Gasteiger partial charge in [-0.2, -0.15) is 0 Å². The molecule has 0 saturated heterocycles. The van der Waals surface area contributed by atoms with E-state index in [0.29, 0.717) is 40.0 Å². The third-order valence-electron chi connectivity index (χ3n) is 5.83. The first-order valence-electron chi connectivity index (χ1n) is 11.6. The maximum atomic E-state index is 13.9. The monoisotopic (exact) mass is 482 g/mol. The maximum absolute atomic E-state index is 13.9. The van der Waals surface area contributed by atoms with Gasteiger partial charge >= 0.3 is 0 Å². The summed E-state index contributed by atoms with van der Waals surface area (Å²) in [5.41, 5.74) is 2.58. The summed E-state index contributed by atoms with van der Waals surface area (Å²) in [6.07, 6.45) is 0.332. The molecule has 1 aromatic heterocycles. The van der Waals surface area contributed by atoms with E-state index in [2.05, 4.69) is 15.6 Å². The molecule has 8 nitrogen and oxygen atoms in total. The zero-order valence-electron chi connectivity index (χ0n) is 20.2. The van der Waals surface area contributed by atoms with Crippen LogP contribution >= 0.6 is 0 Å². The predicted octanol–water partition coefficient (Wildman–Crippen LogP) is 4.81. The van der Waals surface area contributed by atoms with Gasteiger partial charge in [0.15, 0.2) is 5.78 Å². The fourth-order valence-electron chi connectivity index (χ4n) is 4.15. The average molecular weight is 483 g/mol. The van der Waals surface area contributed by atoms with Gasteiger partial charge in [-0.15, -0.1) is 0 Å². The van der Waals surface area contributed by atoms with Crippen LogP contribution in [0, 0.1) is 0 Å². The average Bonchev–Trinajstić information content (AvgIpc) is 2.86. The number of carbonyl (C=O) groups is 3. The predicted molar refractivity (Wildman–Crippen MR) is 140 cm³/mol. The Bertz CT molecular complexity index is 1540. The zero-order valence-corrected chi connectivity index (χ0v) is 20.2. The van der Waals surface area contributed by atoms with Gasteiger partial charge in [0, 0.05) is 23.7 Å². The van der Waals surface area contributed by atoms with Crippen LogP contribution in [0.3, 0.4) is 0 Å². The number of nitrogens with zero attached hydrogens (tertiary/aromatic N) is 2. The molecule has 4 aromatic rings. The minimum absolute atomic E-state index is 0.114. The first kappa shape index (κ1) is 24.5. The molecule has 2 amide bonds. The number of ketones is 1. The van der Waals surface area contributed by atoms with E-state index >= 15 is 0 Å². The Morgan fingerprint density at radius 3 is 2.36 bits per heavy atom. The SMILES string of the molecule is CC[C@H](C(=O)Nc1cccc(C(C)=O)c1)n1c(=O)c(-c2ccccc2NC(C)=O)nc2ccccc21. The lowest BCUT2D eigenvalue weighted by molar-refractivity contribution is -0.119. The van der Waals surface area contributed by atoms with Gasteiger partial charge in [-0.25, -0.2) is 4.98 Å². The summed E-state index contributed by atoms with van der Waals surface area (Å²) in [5, 5.41) is 5.59. The molecular weight excluding hydrogens is 456 g/mol. The third-order valence-corrected chi connectivity index (χ3v) is 5.83. The molecule has 0 bridgehead atoms. The van der Waals surface area contributed by atoms with Crippen molar-refractivity contribution in [2.45, 2.75) is 33.2 Å². The first-order chi connectivity index (χ1) is 17.3. The second-order valence-electron chi connectivity index (χ2n) is 8.40. The second-order valence-corrected chi connectivity index (χ2v) is 8.40. The van der Waals surface area contributed by atoms with Crippen molar-refractivity contribution < 1.29 is 14.4 Å². The van der Waals surface area contributed by atoms with Crippen LogP contribution in [0.1, 0.15) is 43.6 Å². The Labute approximate surface area is 208 Å². The van der Waals surface area contributed by atoms with E-state index in [0.717, 1.165) is 0 Å². The number of carbonyl (C=O) groups excluding carboxylic acids is 3. The maximum Gasteiger partial charge on any atom is 0.278 e. The molecule has 1 heterocycles. The molecule has 182 valence electrons. The van der Waals surface area contributed by atoms with Crippen molar-refractivity contribution in [2.75, 3.05) is 10.6 Å². The molecule has 0 unspecified atom stereocenters. The third kappa shape index (κ3) is 4.93. The van der Waals surface area contributed by atoms with Crippen molar-refractivity contribution in [2.24, 2.45) is 0 Å². The number of amides is 2. The van der Waals surface area contributed by atoms with E-state index < -0.39 is 17.5 Å². The molecular formula is C28H26N4O4. The summed E-state index contributed by atoms with van der Waals surface area (Å²) in [4.78, 5) is 55.5. The molecule has 4 rings (SSSR count). The van der Waals surface area contributed by atoms with Gasteiger partial charge in [-0.3, -0.25) is 23.7 Å². The molecule has 1 atom stereocenters. The lowest BCUT2D eigenvalue weighted by Gasteiger charge is -2.21. The van der Waals surface area contributed by atoms with Crippen LogP contribution in [0.25, 0.3) is 22.3 Å². The molecule has 3 aromatic carbocycles. The number of hydrogen-bond acceptors (Lipinski definition) is 5. The van der Waals surface area contributed by atoms with E-state index in [1.807, 2.05) is 13.0 Å². The zero-order chi connectivity index (χ0) is 25.8. The summed E-state index contributed by atoms with van der Waals surface area (Å²) in [5.74, 6) is -0.781. The van der Waals surface area contributed by atoms with Crippen molar-refractivity contribution in [3.8, 4) is 11.3 Å². The highest BCUT2D eigenvalue weighted by Crippen LogP contribution is 2.27. The minimum atomic E-state index is -0.849. The molecule has 0 aliphatic carbocycles. The smallest absolute Gasteiger partial charge is 0.278 e. The van der Waals surface area contributed by atoms with Crippen molar-refractivity contribution in [3.05, 3.63) is 88.7 Å². The highest BCUT2D eigenvalue weighted by molar-refractivity contribution is 5.99. The summed E-state index contributed by atoms with van der Waals surface area (Å²) in [6, 6.07) is 19.9. The van der Waals surface area contributed by atoms with Gasteiger partial charge in [0.1, 0.15) is 11.7 Å². The normalized spacial score (nSPS) is 11.6. The van der Waals surface area contributed by atoms with Crippen molar-refractivity contribution in [1.82, 2.24) is 9.55 Å². The van der Waals surface area contributed by atoms with Gasteiger partial charge in [0.05, 0.1) is 16.7 Å². The van der Waals surface area contributed by atoms with E-state index in [4.69, 9.17) is 0 Å². The fourth-order valence-corrected chi connectivity index (χ4v) is 4.15. The molecule has 0 radical (unpaired) electrons. The lowest BCUT2D eigenvalue weighted by atomic mass is 10.1. The molecule has 0 spiro atoms. The quantitative estimate of drug-likeness (QED) is 0.367. The van der Waals surface area contributed by atoms with Gasteiger partial charge in [0.2, 0.25) is 11.8 Å². The highest BCUT2D eigenvalue weighted by atomic mass is 16.2. The number of fused-ring (bicyclic) bond motifs is 1. The van der Waals surface area contributed by atoms with Gasteiger partial charge in [-0.1, -0.05) is 49.4 Å². The van der Waals surface area contributed by atoms with E-state index in [9.17, 15) is 19.2 Å². The number of benzene rings is 3. The van der Waals surface area contributed by atoms with Crippen LogP contribution in [0.15, 0.2) is 77.6 Å². The molecule has 0 aliphatic heterocycles. The number of para-hydroxylation sites is 3. The highest BCUT2D eigenvalue weighted by Gasteiger charge is 2.25. The Hall–Kier alpha value is -4.59. The Balaban J connectivity index is 1.86. The van der Waals surface area contributed by atoms with Gasteiger partial charge in [0.25, 0.3) is 5.56 Å². The van der Waals surface area contributed by atoms with Crippen LogP contribution < -0.4 is 16.2 Å². The number of aromatic nitrogens is 2. The van der Waals surface area contributed by atoms with Crippen molar-refractivity contribution in [1.29, 1.82) is 0 Å². The lowest BCUT2D eigenvalue weighted by Crippen LogP contribution is -2.34. The molecule has 0 saturated carbocycles. The van der Waals surface area contributed by atoms with E-state index in [1.165, 1.54) is 18.4 Å². The van der Waals surface area contributed by atoms with E-state index in [1.54, 1.807) is 66.7 Å². The molecule has 8 heteroatoms. The van der Waals surface area contributed by atoms with Crippen LogP contribution in [0.5, 0.6) is 0 Å². The number of rotatable bonds is 7. The number of hydrogen-bond donors (Lipinski definition) is 2. The molecule has 0 fully saturated rings. The standard InChI is InChI=1S/C28H26N4O4/c1-4-24(27(35)30-20-11-9-10-19(16-20)17(2)33)32-25-15-8-7-14-23(25)31-26(28(32)36)21-12-5-6-13-22(21)29-18(3)34/h5-16,24H,4H2,1-3H3,(H,29,34)(H,30,35)/t24-/m1/s1. The molecule has 36 heavy (non-hydrogen) atoms. The van der Waals surface area contributed by atoms with Crippen LogP contribution in [0.2, 0.25) is 0 Å². The number of Topliss-reactive ketones (excluding diaryl/α,β-unsaturated/α-hetero) is 1. The first-order valence-corrected chi connectivity index (χ1v) is 11.6. The van der Waals surface area contributed by atoms with Crippen LogP contribution in [0.4, 0.5) is 11.4 Å². The molecule has 2 N–H and O–H groups in total. The Morgan fingerprint density at radius 2 is 1.64 bits per heavy atom. The summed E-state index contributed by atoms with van der Waals surface area (Å²) >= 11 is 0.